The number of nitrogens with zero attached hydrogens (tertiary/aromatic N) is 3. The Bertz CT molecular complexity index is 1270. The third kappa shape index (κ3) is 4.52. The van der Waals surface area contributed by atoms with Crippen LogP contribution < -0.4 is 4.74 Å². The monoisotopic (exact) mass is 461 g/mol. The molecule has 0 bridgehead atoms. The SMILES string of the molecule is O=C1CCC(c2nc(-c3ccc(OCc4ccccc4)cc3)no2)N1Cc1c(F)cccc1F. The number of hydrogen-bond donors (Lipinski definition) is 0. The molecule has 0 saturated carbocycles. The highest BCUT2D eigenvalue weighted by Gasteiger charge is 2.37. The zero-order valence-corrected chi connectivity index (χ0v) is 18.2. The lowest BCUT2D eigenvalue weighted by molar-refractivity contribution is -0.130. The molecule has 1 amide bonds. The van der Waals surface area contributed by atoms with Crippen molar-refractivity contribution in [1.82, 2.24) is 15.0 Å². The second-order valence-electron chi connectivity index (χ2n) is 8.03. The normalized spacial score (nSPS) is 15.6. The smallest absolute Gasteiger partial charge is 0.249 e. The number of rotatable bonds is 7. The number of hydrogen-bond acceptors (Lipinski definition) is 5. The largest absolute Gasteiger partial charge is 0.489 e. The predicted molar refractivity (Wildman–Crippen MR) is 119 cm³/mol. The highest BCUT2D eigenvalue weighted by Crippen LogP contribution is 2.35. The fourth-order valence-corrected chi connectivity index (χ4v) is 3.97. The molecule has 1 saturated heterocycles. The molecule has 0 N–H and O–H groups in total. The van der Waals surface area contributed by atoms with E-state index in [1.165, 1.54) is 23.1 Å². The van der Waals surface area contributed by atoms with Gasteiger partial charge < -0.3 is 14.2 Å². The van der Waals surface area contributed by atoms with Crippen LogP contribution in [0.1, 0.15) is 35.9 Å². The van der Waals surface area contributed by atoms with Gasteiger partial charge in [0.15, 0.2) is 0 Å². The molecule has 5 rings (SSSR count). The molecule has 1 aliphatic rings. The summed E-state index contributed by atoms with van der Waals surface area (Å²) in [7, 11) is 0. The quantitative estimate of drug-likeness (QED) is 0.366. The molecule has 8 heteroatoms. The average molecular weight is 461 g/mol. The summed E-state index contributed by atoms with van der Waals surface area (Å²) in [5.74, 6) is -0.301. The van der Waals surface area contributed by atoms with Gasteiger partial charge in [-0.3, -0.25) is 4.79 Å². The van der Waals surface area contributed by atoms with Crippen molar-refractivity contribution in [2.75, 3.05) is 0 Å². The molecule has 1 atom stereocenters. The van der Waals surface area contributed by atoms with Crippen LogP contribution in [0, 0.1) is 11.6 Å². The molecule has 3 aromatic carbocycles. The van der Waals surface area contributed by atoms with Gasteiger partial charge in [-0.05, 0) is 48.4 Å². The Morgan fingerprint density at radius 3 is 2.44 bits per heavy atom. The van der Waals surface area contributed by atoms with Gasteiger partial charge in [0.1, 0.15) is 30.0 Å². The van der Waals surface area contributed by atoms with Crippen molar-refractivity contribution in [3.05, 3.63) is 101 Å². The molecule has 4 aromatic rings. The third-order valence-electron chi connectivity index (χ3n) is 5.81. The Labute approximate surface area is 194 Å². The lowest BCUT2D eigenvalue weighted by atomic mass is 10.1. The molecule has 1 aliphatic heterocycles. The van der Waals surface area contributed by atoms with Crippen LogP contribution in [0.25, 0.3) is 11.4 Å². The van der Waals surface area contributed by atoms with Crippen molar-refractivity contribution in [1.29, 1.82) is 0 Å². The van der Waals surface area contributed by atoms with Gasteiger partial charge in [-0.15, -0.1) is 0 Å². The van der Waals surface area contributed by atoms with Crippen molar-refractivity contribution in [3.63, 3.8) is 0 Å². The number of carbonyl (C=O) groups is 1. The molecule has 34 heavy (non-hydrogen) atoms. The van der Waals surface area contributed by atoms with Gasteiger partial charge in [-0.1, -0.05) is 41.6 Å². The van der Waals surface area contributed by atoms with Gasteiger partial charge >= 0.3 is 0 Å². The first-order valence-corrected chi connectivity index (χ1v) is 10.9. The van der Waals surface area contributed by atoms with E-state index in [2.05, 4.69) is 10.1 Å². The van der Waals surface area contributed by atoms with Crippen LogP contribution in [0.5, 0.6) is 5.75 Å². The second kappa shape index (κ2) is 9.43. The fourth-order valence-electron chi connectivity index (χ4n) is 3.97. The fraction of sp³-hybridized carbons (Fsp3) is 0.192. The Balaban J connectivity index is 1.29. The van der Waals surface area contributed by atoms with E-state index in [1.807, 2.05) is 54.6 Å². The van der Waals surface area contributed by atoms with E-state index in [0.717, 1.165) is 11.1 Å². The van der Waals surface area contributed by atoms with Crippen LogP contribution in [0.3, 0.4) is 0 Å². The summed E-state index contributed by atoms with van der Waals surface area (Å²) in [6.45, 7) is 0.258. The predicted octanol–water partition coefficient (Wildman–Crippen LogP) is 5.46. The van der Waals surface area contributed by atoms with Crippen LogP contribution >= 0.6 is 0 Å². The molecule has 1 aromatic heterocycles. The first-order valence-electron chi connectivity index (χ1n) is 10.9. The van der Waals surface area contributed by atoms with Gasteiger partial charge in [0.25, 0.3) is 0 Å². The topological polar surface area (TPSA) is 68.5 Å². The van der Waals surface area contributed by atoms with Crippen LogP contribution in [0.2, 0.25) is 0 Å². The maximum absolute atomic E-state index is 14.1. The standard InChI is InChI=1S/C26H21F2N3O3/c27-21-7-4-8-22(28)20(21)15-31-23(13-14-24(31)32)26-29-25(30-34-26)18-9-11-19(12-10-18)33-16-17-5-2-1-3-6-17/h1-12,23H,13-16H2. The highest BCUT2D eigenvalue weighted by molar-refractivity contribution is 5.79. The van der Waals surface area contributed by atoms with Crippen LogP contribution in [0.15, 0.2) is 77.3 Å². The summed E-state index contributed by atoms with van der Waals surface area (Å²) in [5.41, 5.74) is 1.63. The Kier molecular flexibility index (Phi) is 6.03. The van der Waals surface area contributed by atoms with Crippen molar-refractivity contribution in [2.24, 2.45) is 0 Å². The van der Waals surface area contributed by atoms with E-state index < -0.39 is 17.7 Å². The molecule has 2 heterocycles. The molecule has 0 aliphatic carbocycles. The summed E-state index contributed by atoms with van der Waals surface area (Å²) >= 11 is 0. The Morgan fingerprint density at radius 2 is 1.71 bits per heavy atom. The minimum Gasteiger partial charge on any atom is -0.489 e. The molecule has 1 fully saturated rings. The lowest BCUT2D eigenvalue weighted by Gasteiger charge is -2.22. The van der Waals surface area contributed by atoms with E-state index in [0.29, 0.717) is 24.6 Å². The minimum absolute atomic E-state index is 0.159. The van der Waals surface area contributed by atoms with Crippen LogP contribution in [-0.4, -0.2) is 20.9 Å². The zero-order chi connectivity index (χ0) is 23.5. The zero-order valence-electron chi connectivity index (χ0n) is 18.2. The van der Waals surface area contributed by atoms with Gasteiger partial charge in [0.05, 0.1) is 6.54 Å². The highest BCUT2D eigenvalue weighted by atomic mass is 19.1. The van der Waals surface area contributed by atoms with Crippen molar-refractivity contribution in [2.45, 2.75) is 32.0 Å². The van der Waals surface area contributed by atoms with Crippen molar-refractivity contribution in [3.8, 4) is 17.1 Å². The van der Waals surface area contributed by atoms with Crippen molar-refractivity contribution >= 4 is 5.91 Å². The molecule has 172 valence electrons. The number of halogens is 2. The van der Waals surface area contributed by atoms with E-state index in [1.54, 1.807) is 0 Å². The summed E-state index contributed by atoms with van der Waals surface area (Å²) < 4.78 is 39.5. The number of ether oxygens (including phenoxy) is 1. The second-order valence-corrected chi connectivity index (χ2v) is 8.03. The third-order valence-corrected chi connectivity index (χ3v) is 5.81. The maximum Gasteiger partial charge on any atom is 0.249 e. The van der Waals surface area contributed by atoms with Gasteiger partial charge in [-0.25, -0.2) is 8.78 Å². The first-order chi connectivity index (χ1) is 16.6. The molecule has 6 nitrogen and oxygen atoms in total. The van der Waals surface area contributed by atoms with E-state index in [9.17, 15) is 13.6 Å². The Hall–Kier alpha value is -4.07. The van der Waals surface area contributed by atoms with Gasteiger partial charge in [0, 0.05) is 17.5 Å². The maximum atomic E-state index is 14.1. The number of carbonyl (C=O) groups excluding carboxylic acids is 1. The number of amides is 1. The van der Waals surface area contributed by atoms with Gasteiger partial charge in [-0.2, -0.15) is 4.98 Å². The summed E-state index contributed by atoms with van der Waals surface area (Å²) in [6, 6.07) is 20.2. The van der Waals surface area contributed by atoms with Crippen molar-refractivity contribution < 1.29 is 22.8 Å². The summed E-state index contributed by atoms with van der Waals surface area (Å²) in [6.07, 6.45) is 0.675. The molecular weight excluding hydrogens is 440 g/mol. The molecular formula is C26H21F2N3O3. The minimum atomic E-state index is -0.695. The number of aromatic nitrogens is 2. The van der Waals surface area contributed by atoms with Gasteiger partial charge in [0.2, 0.25) is 17.6 Å². The molecule has 0 radical (unpaired) electrons. The van der Waals surface area contributed by atoms with Crippen LogP contribution in [-0.2, 0) is 17.9 Å². The first kappa shape index (κ1) is 21.8. The average Bonchev–Trinajstić information content (AvgIpc) is 3.48. The van der Waals surface area contributed by atoms with E-state index in [-0.39, 0.29) is 30.3 Å². The summed E-state index contributed by atoms with van der Waals surface area (Å²) in [5, 5.41) is 4.04. The molecule has 1 unspecified atom stereocenters. The lowest BCUT2D eigenvalue weighted by Crippen LogP contribution is -2.28. The van der Waals surface area contributed by atoms with Crippen LogP contribution in [0.4, 0.5) is 8.78 Å². The number of likely N-dealkylation sites (tertiary alicyclic amines) is 1. The number of benzene rings is 3. The van der Waals surface area contributed by atoms with E-state index >= 15 is 0 Å². The Morgan fingerprint density at radius 1 is 0.971 bits per heavy atom. The van der Waals surface area contributed by atoms with E-state index in [4.69, 9.17) is 9.26 Å². The summed E-state index contributed by atoms with van der Waals surface area (Å²) in [4.78, 5) is 18.3. The molecule has 0 spiro atoms.